The van der Waals surface area contributed by atoms with Crippen LogP contribution in [0.25, 0.3) is 0 Å². The molecule has 2 rings (SSSR count). The Bertz CT molecular complexity index is 441. The standard InChI is InChI=1S/C14H20N2O2/c1-9(7-10-3-4-10)16-13-8-11(14(17)18-2)5-6-12(13)15/h5-6,8-10,16H,3-4,7,15H2,1-2H3. The Balaban J connectivity index is 2.07. The second-order valence-corrected chi connectivity index (χ2v) is 5.02. The summed E-state index contributed by atoms with van der Waals surface area (Å²) in [6.07, 6.45) is 3.83. The summed E-state index contributed by atoms with van der Waals surface area (Å²) in [5.74, 6) is 0.519. The van der Waals surface area contributed by atoms with Gasteiger partial charge in [0.15, 0.2) is 0 Å². The van der Waals surface area contributed by atoms with Gasteiger partial charge < -0.3 is 15.8 Å². The van der Waals surface area contributed by atoms with Crippen molar-refractivity contribution in [3.05, 3.63) is 23.8 Å². The molecule has 1 aliphatic rings. The van der Waals surface area contributed by atoms with Gasteiger partial charge in [0.1, 0.15) is 0 Å². The summed E-state index contributed by atoms with van der Waals surface area (Å²) in [7, 11) is 1.38. The smallest absolute Gasteiger partial charge is 0.337 e. The first-order chi connectivity index (χ1) is 8.60. The maximum Gasteiger partial charge on any atom is 0.337 e. The first kappa shape index (κ1) is 12.7. The van der Waals surface area contributed by atoms with Gasteiger partial charge in [-0.3, -0.25) is 0 Å². The van der Waals surface area contributed by atoms with Crippen LogP contribution in [0.2, 0.25) is 0 Å². The normalized spacial score (nSPS) is 16.1. The largest absolute Gasteiger partial charge is 0.465 e. The second kappa shape index (κ2) is 5.29. The van der Waals surface area contributed by atoms with E-state index < -0.39 is 0 Å². The van der Waals surface area contributed by atoms with Crippen LogP contribution >= 0.6 is 0 Å². The molecule has 0 heterocycles. The van der Waals surface area contributed by atoms with E-state index in [1.807, 2.05) is 0 Å². The molecule has 0 spiro atoms. The molecular weight excluding hydrogens is 228 g/mol. The van der Waals surface area contributed by atoms with Crippen LogP contribution in [-0.2, 0) is 4.74 Å². The molecule has 1 fully saturated rings. The first-order valence-electron chi connectivity index (χ1n) is 6.34. The molecular formula is C14H20N2O2. The number of nitrogen functional groups attached to an aromatic ring is 1. The molecule has 1 atom stereocenters. The highest BCUT2D eigenvalue weighted by molar-refractivity contribution is 5.91. The number of methoxy groups -OCH3 is 1. The van der Waals surface area contributed by atoms with Crippen molar-refractivity contribution in [2.75, 3.05) is 18.2 Å². The first-order valence-corrected chi connectivity index (χ1v) is 6.34. The van der Waals surface area contributed by atoms with Gasteiger partial charge in [0.25, 0.3) is 0 Å². The van der Waals surface area contributed by atoms with Gasteiger partial charge in [-0.05, 0) is 37.5 Å². The Morgan fingerprint density at radius 2 is 2.28 bits per heavy atom. The topological polar surface area (TPSA) is 64.3 Å². The molecule has 1 saturated carbocycles. The average Bonchev–Trinajstić information content (AvgIpc) is 3.14. The Morgan fingerprint density at radius 1 is 1.56 bits per heavy atom. The number of hydrogen-bond acceptors (Lipinski definition) is 4. The van der Waals surface area contributed by atoms with Gasteiger partial charge in [-0.2, -0.15) is 0 Å². The number of hydrogen-bond donors (Lipinski definition) is 2. The van der Waals surface area contributed by atoms with Crippen molar-refractivity contribution >= 4 is 17.3 Å². The molecule has 4 nitrogen and oxygen atoms in total. The van der Waals surface area contributed by atoms with Gasteiger partial charge in [0.2, 0.25) is 0 Å². The lowest BCUT2D eigenvalue weighted by Crippen LogP contribution is -2.17. The summed E-state index contributed by atoms with van der Waals surface area (Å²) in [6.45, 7) is 2.14. The summed E-state index contributed by atoms with van der Waals surface area (Å²) in [5.41, 5.74) is 7.90. The van der Waals surface area contributed by atoms with E-state index in [0.29, 0.717) is 17.3 Å². The highest BCUT2D eigenvalue weighted by Crippen LogP contribution is 2.34. The lowest BCUT2D eigenvalue weighted by molar-refractivity contribution is 0.0601. The van der Waals surface area contributed by atoms with Crippen LogP contribution < -0.4 is 11.1 Å². The number of carbonyl (C=O) groups is 1. The molecule has 0 aromatic heterocycles. The zero-order valence-electron chi connectivity index (χ0n) is 10.9. The van der Waals surface area contributed by atoms with Crippen molar-refractivity contribution in [1.82, 2.24) is 0 Å². The van der Waals surface area contributed by atoms with Gasteiger partial charge in [-0.1, -0.05) is 12.8 Å². The van der Waals surface area contributed by atoms with E-state index in [9.17, 15) is 4.79 Å². The fraction of sp³-hybridized carbons (Fsp3) is 0.500. The van der Waals surface area contributed by atoms with E-state index >= 15 is 0 Å². The SMILES string of the molecule is COC(=O)c1ccc(N)c(NC(C)CC2CC2)c1. The summed E-state index contributed by atoms with van der Waals surface area (Å²) in [5, 5.41) is 3.37. The monoisotopic (exact) mass is 248 g/mol. The molecule has 4 heteroatoms. The minimum Gasteiger partial charge on any atom is -0.465 e. The predicted molar refractivity (Wildman–Crippen MR) is 72.6 cm³/mol. The predicted octanol–water partition coefficient (Wildman–Crippen LogP) is 2.66. The van der Waals surface area contributed by atoms with E-state index in [1.165, 1.54) is 20.0 Å². The fourth-order valence-corrected chi connectivity index (χ4v) is 2.10. The van der Waals surface area contributed by atoms with Crippen LogP contribution in [0.4, 0.5) is 11.4 Å². The summed E-state index contributed by atoms with van der Waals surface area (Å²) >= 11 is 0. The number of benzene rings is 1. The highest BCUT2D eigenvalue weighted by Gasteiger charge is 2.23. The number of rotatable bonds is 5. The zero-order valence-corrected chi connectivity index (χ0v) is 10.9. The van der Waals surface area contributed by atoms with Crippen LogP contribution in [0.5, 0.6) is 0 Å². The van der Waals surface area contributed by atoms with Crippen molar-refractivity contribution in [2.24, 2.45) is 5.92 Å². The van der Waals surface area contributed by atoms with Crippen LogP contribution in [-0.4, -0.2) is 19.1 Å². The highest BCUT2D eigenvalue weighted by atomic mass is 16.5. The van der Waals surface area contributed by atoms with Crippen molar-refractivity contribution in [3.63, 3.8) is 0 Å². The molecule has 1 unspecified atom stereocenters. The van der Waals surface area contributed by atoms with Crippen molar-refractivity contribution < 1.29 is 9.53 Å². The van der Waals surface area contributed by atoms with Crippen LogP contribution in [0.15, 0.2) is 18.2 Å². The summed E-state index contributed by atoms with van der Waals surface area (Å²) < 4.78 is 4.70. The number of carbonyl (C=O) groups excluding carboxylic acids is 1. The minimum atomic E-state index is -0.340. The summed E-state index contributed by atoms with van der Waals surface area (Å²) in [6, 6.07) is 5.54. The summed E-state index contributed by atoms with van der Waals surface area (Å²) in [4.78, 5) is 11.5. The third-order valence-electron chi connectivity index (χ3n) is 3.26. The fourth-order valence-electron chi connectivity index (χ4n) is 2.10. The Labute approximate surface area is 108 Å². The van der Waals surface area contributed by atoms with Crippen molar-refractivity contribution in [3.8, 4) is 0 Å². The minimum absolute atomic E-state index is 0.340. The van der Waals surface area contributed by atoms with Crippen LogP contribution in [0.3, 0.4) is 0 Å². The van der Waals surface area contributed by atoms with Gasteiger partial charge in [-0.15, -0.1) is 0 Å². The maximum absolute atomic E-state index is 11.5. The van der Waals surface area contributed by atoms with Crippen LogP contribution in [0.1, 0.15) is 36.5 Å². The molecule has 0 radical (unpaired) electrons. The van der Waals surface area contributed by atoms with E-state index in [4.69, 9.17) is 10.5 Å². The number of anilines is 2. The number of ether oxygens (including phenoxy) is 1. The van der Waals surface area contributed by atoms with Crippen LogP contribution in [0, 0.1) is 5.92 Å². The zero-order chi connectivity index (χ0) is 13.1. The second-order valence-electron chi connectivity index (χ2n) is 5.02. The van der Waals surface area contributed by atoms with Crippen molar-refractivity contribution in [1.29, 1.82) is 0 Å². The lowest BCUT2D eigenvalue weighted by atomic mass is 10.1. The van der Waals surface area contributed by atoms with Gasteiger partial charge in [0, 0.05) is 6.04 Å². The average molecular weight is 248 g/mol. The van der Waals surface area contributed by atoms with E-state index in [1.54, 1.807) is 18.2 Å². The molecule has 3 N–H and O–H groups in total. The number of nitrogens with two attached hydrogens (primary N) is 1. The van der Waals surface area contributed by atoms with Gasteiger partial charge >= 0.3 is 5.97 Å². The Kier molecular flexibility index (Phi) is 3.75. The van der Waals surface area contributed by atoms with E-state index in [-0.39, 0.29) is 5.97 Å². The molecule has 1 aliphatic carbocycles. The quantitative estimate of drug-likeness (QED) is 0.621. The van der Waals surface area contributed by atoms with Crippen molar-refractivity contribution in [2.45, 2.75) is 32.2 Å². The van der Waals surface area contributed by atoms with E-state index in [0.717, 1.165) is 18.0 Å². The molecule has 98 valence electrons. The molecule has 18 heavy (non-hydrogen) atoms. The van der Waals surface area contributed by atoms with Gasteiger partial charge in [-0.25, -0.2) is 4.79 Å². The molecule has 1 aromatic rings. The maximum atomic E-state index is 11.5. The number of esters is 1. The molecule has 0 saturated heterocycles. The third kappa shape index (κ3) is 3.15. The molecule has 0 amide bonds. The van der Waals surface area contributed by atoms with E-state index in [2.05, 4.69) is 12.2 Å². The van der Waals surface area contributed by atoms with Gasteiger partial charge in [0.05, 0.1) is 24.0 Å². The number of nitrogens with one attached hydrogen (secondary N) is 1. The lowest BCUT2D eigenvalue weighted by Gasteiger charge is -2.17. The Hall–Kier alpha value is -1.71. The third-order valence-corrected chi connectivity index (χ3v) is 3.26. The molecule has 0 aliphatic heterocycles. The molecule has 1 aromatic carbocycles. The molecule has 0 bridgehead atoms. The Morgan fingerprint density at radius 3 is 2.89 bits per heavy atom.